The van der Waals surface area contributed by atoms with Gasteiger partial charge < -0.3 is 4.48 Å². The third-order valence-corrected chi connectivity index (χ3v) is 3.19. The summed E-state index contributed by atoms with van der Waals surface area (Å²) in [6.45, 7) is 7.27. The van der Waals surface area contributed by atoms with Crippen molar-refractivity contribution in [1.29, 1.82) is 0 Å². The Morgan fingerprint density at radius 2 is 1.88 bits per heavy atom. The second-order valence-corrected chi connectivity index (χ2v) is 5.01. The van der Waals surface area contributed by atoms with Crippen molar-refractivity contribution in [3.63, 3.8) is 0 Å². The van der Waals surface area contributed by atoms with Crippen LogP contribution in [0.5, 0.6) is 0 Å². The summed E-state index contributed by atoms with van der Waals surface area (Å²) in [7, 11) is 4.57. The summed E-state index contributed by atoms with van der Waals surface area (Å²) in [6, 6.07) is 11.2. The highest BCUT2D eigenvalue weighted by molar-refractivity contribution is 5.13. The van der Waals surface area contributed by atoms with Crippen LogP contribution in [-0.2, 0) is 6.54 Å². The molecule has 1 rings (SSSR count). The van der Waals surface area contributed by atoms with E-state index in [0.717, 1.165) is 11.0 Å². The maximum atomic E-state index is 3.97. The summed E-state index contributed by atoms with van der Waals surface area (Å²) in [6.07, 6.45) is 4.53. The molecule has 0 amide bonds. The zero-order chi connectivity index (χ0) is 12.0. The predicted molar refractivity (Wildman–Crippen MR) is 71.1 cm³/mol. The molecule has 0 saturated carbocycles. The van der Waals surface area contributed by atoms with Gasteiger partial charge in [-0.05, 0) is 6.08 Å². The van der Waals surface area contributed by atoms with Gasteiger partial charge in [-0.15, -0.1) is 0 Å². The Bertz CT molecular complexity index is 313. The average Bonchev–Trinajstić information content (AvgIpc) is 2.26. The minimum Gasteiger partial charge on any atom is -0.319 e. The molecule has 16 heavy (non-hydrogen) atoms. The molecule has 0 aromatic heterocycles. The second kappa shape index (κ2) is 5.86. The van der Waals surface area contributed by atoms with Gasteiger partial charge in [-0.2, -0.15) is 0 Å². The third-order valence-electron chi connectivity index (χ3n) is 3.19. The van der Waals surface area contributed by atoms with Crippen LogP contribution in [0.2, 0.25) is 0 Å². The molecule has 1 atom stereocenters. The lowest BCUT2D eigenvalue weighted by Gasteiger charge is -2.36. The van der Waals surface area contributed by atoms with Gasteiger partial charge in [0.15, 0.2) is 0 Å². The molecular weight excluding hydrogens is 194 g/mol. The summed E-state index contributed by atoms with van der Waals surface area (Å²) in [5.74, 6) is 0. The van der Waals surface area contributed by atoms with Crippen molar-refractivity contribution < 1.29 is 4.48 Å². The van der Waals surface area contributed by atoms with E-state index in [1.54, 1.807) is 0 Å². The first-order chi connectivity index (χ1) is 7.60. The van der Waals surface area contributed by atoms with E-state index in [9.17, 15) is 0 Å². The summed E-state index contributed by atoms with van der Waals surface area (Å²) < 4.78 is 0.987. The van der Waals surface area contributed by atoms with Crippen LogP contribution >= 0.6 is 0 Å². The van der Waals surface area contributed by atoms with Gasteiger partial charge in [0.05, 0.1) is 14.1 Å². The zero-order valence-corrected chi connectivity index (χ0v) is 10.8. The molecule has 1 nitrogen and oxygen atoms in total. The number of benzene rings is 1. The van der Waals surface area contributed by atoms with Crippen LogP contribution < -0.4 is 0 Å². The van der Waals surface area contributed by atoms with Crippen LogP contribution in [0, 0.1) is 0 Å². The number of nitrogens with zero attached hydrogens (tertiary/aromatic N) is 1. The van der Waals surface area contributed by atoms with Crippen molar-refractivity contribution >= 4 is 0 Å². The Kier molecular flexibility index (Phi) is 4.75. The Balaban J connectivity index is 2.73. The van der Waals surface area contributed by atoms with Gasteiger partial charge in [0.1, 0.15) is 12.6 Å². The highest BCUT2D eigenvalue weighted by Gasteiger charge is 2.24. The Morgan fingerprint density at radius 1 is 1.25 bits per heavy atom. The van der Waals surface area contributed by atoms with E-state index in [0.29, 0.717) is 6.04 Å². The fourth-order valence-corrected chi connectivity index (χ4v) is 2.22. The van der Waals surface area contributed by atoms with Crippen LogP contribution in [0.3, 0.4) is 0 Å². The molecule has 0 aliphatic heterocycles. The van der Waals surface area contributed by atoms with Crippen molar-refractivity contribution in [2.24, 2.45) is 0 Å². The molecule has 1 aromatic carbocycles. The number of hydrogen-bond acceptors (Lipinski definition) is 0. The molecule has 0 aliphatic carbocycles. The second-order valence-electron chi connectivity index (χ2n) is 5.01. The van der Waals surface area contributed by atoms with Crippen LogP contribution in [0.15, 0.2) is 43.0 Å². The highest BCUT2D eigenvalue weighted by Crippen LogP contribution is 2.18. The van der Waals surface area contributed by atoms with Crippen molar-refractivity contribution in [2.45, 2.75) is 32.4 Å². The Hall–Kier alpha value is -1.08. The molecule has 0 N–H and O–H groups in total. The van der Waals surface area contributed by atoms with E-state index in [2.05, 4.69) is 64.0 Å². The first-order valence-electron chi connectivity index (χ1n) is 6.09. The van der Waals surface area contributed by atoms with Crippen LogP contribution in [0.4, 0.5) is 0 Å². The monoisotopic (exact) mass is 218 g/mol. The van der Waals surface area contributed by atoms with Crippen molar-refractivity contribution in [2.75, 3.05) is 14.1 Å². The largest absolute Gasteiger partial charge is 0.319 e. The van der Waals surface area contributed by atoms with Gasteiger partial charge in [0, 0.05) is 12.0 Å². The van der Waals surface area contributed by atoms with E-state index < -0.39 is 0 Å². The number of quaternary nitrogens is 1. The molecule has 0 bridgehead atoms. The van der Waals surface area contributed by atoms with Crippen molar-refractivity contribution in [1.82, 2.24) is 0 Å². The fraction of sp³-hybridized carbons (Fsp3) is 0.467. The summed E-state index contributed by atoms with van der Waals surface area (Å²) in [5.41, 5.74) is 1.40. The highest BCUT2D eigenvalue weighted by atomic mass is 15.3. The zero-order valence-electron chi connectivity index (χ0n) is 10.8. The van der Waals surface area contributed by atoms with Crippen molar-refractivity contribution in [3.8, 4) is 0 Å². The number of likely N-dealkylation sites (N-methyl/N-ethyl adjacent to an activating group) is 1. The molecule has 1 heteroatoms. The molecule has 0 radical (unpaired) electrons. The third kappa shape index (κ3) is 3.49. The van der Waals surface area contributed by atoms with Gasteiger partial charge in [0.25, 0.3) is 0 Å². The Labute approximate surface area is 100.0 Å². The first kappa shape index (κ1) is 13.0. The topological polar surface area (TPSA) is 0 Å². The van der Waals surface area contributed by atoms with E-state index in [1.165, 1.54) is 18.4 Å². The van der Waals surface area contributed by atoms with Gasteiger partial charge >= 0.3 is 0 Å². The molecule has 1 aromatic rings. The predicted octanol–water partition coefficient (Wildman–Crippen LogP) is 3.62. The van der Waals surface area contributed by atoms with Crippen molar-refractivity contribution in [3.05, 3.63) is 48.6 Å². The average molecular weight is 218 g/mol. The SMILES string of the molecule is C=CC(CCC)[N+](C)(C)Cc1ccccc1. The molecular formula is C15H24N+. The lowest BCUT2D eigenvalue weighted by molar-refractivity contribution is -0.921. The van der Waals surface area contributed by atoms with E-state index >= 15 is 0 Å². The Morgan fingerprint density at radius 3 is 2.38 bits per heavy atom. The molecule has 88 valence electrons. The molecule has 0 saturated heterocycles. The summed E-state index contributed by atoms with van der Waals surface area (Å²) in [5, 5.41) is 0. The quantitative estimate of drug-likeness (QED) is 0.505. The maximum Gasteiger partial charge on any atom is 0.107 e. The molecule has 0 fully saturated rings. The van der Waals surface area contributed by atoms with E-state index in [1.807, 2.05) is 0 Å². The maximum absolute atomic E-state index is 3.97. The lowest BCUT2D eigenvalue weighted by atomic mass is 10.1. The van der Waals surface area contributed by atoms with Crippen LogP contribution in [0.1, 0.15) is 25.3 Å². The van der Waals surface area contributed by atoms with E-state index in [-0.39, 0.29) is 0 Å². The van der Waals surface area contributed by atoms with Crippen LogP contribution in [-0.4, -0.2) is 24.6 Å². The fourth-order valence-electron chi connectivity index (χ4n) is 2.22. The van der Waals surface area contributed by atoms with Gasteiger partial charge in [-0.25, -0.2) is 0 Å². The molecule has 0 heterocycles. The normalized spacial score (nSPS) is 13.4. The molecule has 1 unspecified atom stereocenters. The summed E-state index contributed by atoms with van der Waals surface area (Å²) in [4.78, 5) is 0. The lowest BCUT2D eigenvalue weighted by Crippen LogP contribution is -2.46. The molecule has 0 spiro atoms. The smallest absolute Gasteiger partial charge is 0.107 e. The van der Waals surface area contributed by atoms with Gasteiger partial charge in [-0.1, -0.05) is 50.3 Å². The molecule has 0 aliphatic rings. The van der Waals surface area contributed by atoms with Crippen LogP contribution in [0.25, 0.3) is 0 Å². The minimum atomic E-state index is 0.546. The number of hydrogen-bond donors (Lipinski definition) is 0. The van der Waals surface area contributed by atoms with Gasteiger partial charge in [0.2, 0.25) is 0 Å². The van der Waals surface area contributed by atoms with E-state index in [4.69, 9.17) is 0 Å². The number of rotatable bonds is 6. The summed E-state index contributed by atoms with van der Waals surface area (Å²) >= 11 is 0. The standard InChI is InChI=1S/C15H24N/c1-5-10-15(6-2)16(3,4)13-14-11-8-7-9-12-14/h6-9,11-12,15H,2,5,10,13H2,1,3-4H3/q+1. The first-order valence-corrected chi connectivity index (χ1v) is 6.09. The minimum absolute atomic E-state index is 0.546. The van der Waals surface area contributed by atoms with Gasteiger partial charge in [-0.3, -0.25) is 0 Å².